The number of aromatic nitrogens is 3. The van der Waals surface area contributed by atoms with Crippen LogP contribution in [0.15, 0.2) is 78.6 Å². The normalized spacial score (nSPS) is 18.5. The molecule has 4 aromatic rings. The number of hydrogen-bond donors (Lipinski definition) is 1. The Morgan fingerprint density at radius 1 is 0.970 bits per heavy atom. The Kier molecular flexibility index (Phi) is 4.78. The number of methoxy groups -OCH3 is 1. The van der Waals surface area contributed by atoms with Gasteiger partial charge in [0.1, 0.15) is 30.0 Å². The number of fused-ring (bicyclic) bond motifs is 3. The van der Waals surface area contributed by atoms with Gasteiger partial charge in [0.2, 0.25) is 5.95 Å². The molecule has 3 aromatic carbocycles. The summed E-state index contributed by atoms with van der Waals surface area (Å²) in [7, 11) is 1.65. The second kappa shape index (κ2) is 7.83. The summed E-state index contributed by atoms with van der Waals surface area (Å²) >= 11 is 12.7. The van der Waals surface area contributed by atoms with E-state index in [1.807, 2.05) is 71.4 Å². The molecule has 0 spiro atoms. The lowest BCUT2D eigenvalue weighted by Crippen LogP contribution is -2.32. The summed E-state index contributed by atoms with van der Waals surface area (Å²) in [5, 5.41) is 9.28. The molecule has 1 N–H and O–H groups in total. The summed E-state index contributed by atoms with van der Waals surface area (Å²) in [6.45, 7) is 0. The number of anilines is 1. The standard InChI is InChI=1S/C25H18Cl2N4O2/c1-32-18-8-5-14(6-9-18)23-21-22(30-25-28-13-29-31(23)25)19-12-17(27)7-10-20(19)33-24(21)15-3-2-4-16(26)11-15/h2-13,23-24H,1H3,(H,28,29,30)/t23-,24-/m1/s1. The molecule has 164 valence electrons. The molecule has 6 rings (SSSR count). The van der Waals surface area contributed by atoms with Gasteiger partial charge in [0.15, 0.2) is 0 Å². The van der Waals surface area contributed by atoms with Crippen LogP contribution in [0.1, 0.15) is 28.8 Å². The monoisotopic (exact) mass is 476 g/mol. The Balaban J connectivity index is 1.62. The van der Waals surface area contributed by atoms with E-state index in [2.05, 4.69) is 15.4 Å². The minimum atomic E-state index is -0.399. The van der Waals surface area contributed by atoms with Crippen molar-refractivity contribution in [3.05, 3.63) is 105 Å². The molecule has 0 saturated carbocycles. The van der Waals surface area contributed by atoms with Crippen molar-refractivity contribution in [3.8, 4) is 11.5 Å². The lowest BCUT2D eigenvalue weighted by Gasteiger charge is -2.39. The van der Waals surface area contributed by atoms with Gasteiger partial charge in [-0.3, -0.25) is 0 Å². The summed E-state index contributed by atoms with van der Waals surface area (Å²) in [5.74, 6) is 2.16. The number of rotatable bonds is 3. The average molecular weight is 477 g/mol. The molecule has 2 atom stereocenters. The lowest BCUT2D eigenvalue weighted by atomic mass is 9.84. The quantitative estimate of drug-likeness (QED) is 0.383. The first kappa shape index (κ1) is 20.1. The van der Waals surface area contributed by atoms with Crippen molar-refractivity contribution < 1.29 is 9.47 Å². The average Bonchev–Trinajstić information content (AvgIpc) is 3.31. The molecular weight excluding hydrogens is 459 g/mol. The first-order valence-electron chi connectivity index (χ1n) is 10.4. The second-order valence-corrected chi connectivity index (χ2v) is 8.73. The van der Waals surface area contributed by atoms with Crippen LogP contribution in [0.3, 0.4) is 0 Å². The van der Waals surface area contributed by atoms with Crippen LogP contribution >= 0.6 is 23.2 Å². The highest BCUT2D eigenvalue weighted by molar-refractivity contribution is 6.31. The molecule has 2 aliphatic heterocycles. The van der Waals surface area contributed by atoms with Crippen LogP contribution in [0.2, 0.25) is 10.0 Å². The van der Waals surface area contributed by atoms with Crippen LogP contribution in [-0.2, 0) is 0 Å². The van der Waals surface area contributed by atoms with Gasteiger partial charge in [0.05, 0.1) is 12.8 Å². The molecule has 0 saturated heterocycles. The Hall–Kier alpha value is -3.48. The molecule has 1 aromatic heterocycles. The van der Waals surface area contributed by atoms with E-state index in [9.17, 15) is 0 Å². The van der Waals surface area contributed by atoms with Gasteiger partial charge in [-0.1, -0.05) is 47.5 Å². The molecule has 0 aliphatic carbocycles. The number of ether oxygens (including phenoxy) is 2. The fraction of sp³-hybridized carbons (Fsp3) is 0.120. The summed E-state index contributed by atoms with van der Waals surface area (Å²) in [6, 6.07) is 21.0. The predicted octanol–water partition coefficient (Wildman–Crippen LogP) is 6.15. The molecule has 3 heterocycles. The second-order valence-electron chi connectivity index (χ2n) is 7.85. The fourth-order valence-electron chi connectivity index (χ4n) is 4.49. The summed E-state index contributed by atoms with van der Waals surface area (Å²) in [4.78, 5) is 4.45. The smallest absolute Gasteiger partial charge is 0.226 e. The van der Waals surface area contributed by atoms with Crippen molar-refractivity contribution in [2.45, 2.75) is 12.1 Å². The molecule has 8 heteroatoms. The van der Waals surface area contributed by atoms with E-state index >= 15 is 0 Å². The maximum absolute atomic E-state index is 6.58. The first-order valence-corrected chi connectivity index (χ1v) is 11.1. The van der Waals surface area contributed by atoms with Gasteiger partial charge in [-0.2, -0.15) is 10.1 Å². The minimum Gasteiger partial charge on any atom is -0.497 e. The van der Waals surface area contributed by atoms with Crippen molar-refractivity contribution in [1.82, 2.24) is 14.8 Å². The highest BCUT2D eigenvalue weighted by Gasteiger charge is 2.41. The zero-order valence-corrected chi connectivity index (χ0v) is 19.0. The number of benzene rings is 3. The molecule has 33 heavy (non-hydrogen) atoms. The summed E-state index contributed by atoms with van der Waals surface area (Å²) in [6.07, 6.45) is 1.15. The minimum absolute atomic E-state index is 0.263. The van der Waals surface area contributed by atoms with E-state index in [0.29, 0.717) is 16.0 Å². The van der Waals surface area contributed by atoms with Crippen molar-refractivity contribution in [3.63, 3.8) is 0 Å². The van der Waals surface area contributed by atoms with Crippen molar-refractivity contribution in [2.24, 2.45) is 0 Å². The first-order chi connectivity index (χ1) is 16.1. The van der Waals surface area contributed by atoms with Crippen molar-refractivity contribution in [1.29, 1.82) is 0 Å². The zero-order valence-electron chi connectivity index (χ0n) is 17.5. The van der Waals surface area contributed by atoms with Gasteiger partial charge in [-0.15, -0.1) is 0 Å². The maximum Gasteiger partial charge on any atom is 0.226 e. The van der Waals surface area contributed by atoms with Gasteiger partial charge in [0, 0.05) is 21.2 Å². The van der Waals surface area contributed by atoms with Crippen LogP contribution in [-0.4, -0.2) is 21.9 Å². The Morgan fingerprint density at radius 2 is 1.79 bits per heavy atom. The van der Waals surface area contributed by atoms with Gasteiger partial charge in [0.25, 0.3) is 0 Å². The van der Waals surface area contributed by atoms with E-state index in [4.69, 9.17) is 32.7 Å². The molecular formula is C25H18Cl2N4O2. The molecule has 0 amide bonds. The van der Waals surface area contributed by atoms with Gasteiger partial charge in [-0.25, -0.2) is 4.68 Å². The molecule has 0 unspecified atom stereocenters. The van der Waals surface area contributed by atoms with E-state index in [1.54, 1.807) is 13.4 Å². The predicted molar refractivity (Wildman–Crippen MR) is 128 cm³/mol. The topological polar surface area (TPSA) is 61.2 Å². The number of hydrogen-bond acceptors (Lipinski definition) is 5. The molecule has 0 fully saturated rings. The van der Waals surface area contributed by atoms with Crippen LogP contribution in [0.4, 0.5) is 5.95 Å². The van der Waals surface area contributed by atoms with Gasteiger partial charge >= 0.3 is 0 Å². The lowest BCUT2D eigenvalue weighted by molar-refractivity contribution is 0.223. The van der Waals surface area contributed by atoms with Crippen LogP contribution in [0, 0.1) is 0 Å². The third-order valence-corrected chi connectivity index (χ3v) is 6.43. The van der Waals surface area contributed by atoms with E-state index < -0.39 is 6.10 Å². The highest BCUT2D eigenvalue weighted by Crippen LogP contribution is 2.51. The third kappa shape index (κ3) is 3.34. The van der Waals surface area contributed by atoms with Crippen LogP contribution in [0.25, 0.3) is 5.70 Å². The van der Waals surface area contributed by atoms with Crippen molar-refractivity contribution >= 4 is 34.8 Å². The fourth-order valence-corrected chi connectivity index (χ4v) is 4.86. The summed E-state index contributed by atoms with van der Waals surface area (Å²) < 4.78 is 13.8. The maximum atomic E-state index is 6.58. The van der Waals surface area contributed by atoms with Gasteiger partial charge < -0.3 is 14.8 Å². The summed E-state index contributed by atoms with van der Waals surface area (Å²) in [5.41, 5.74) is 4.75. The van der Waals surface area contributed by atoms with E-state index in [1.165, 1.54) is 0 Å². The van der Waals surface area contributed by atoms with Crippen molar-refractivity contribution in [2.75, 3.05) is 12.4 Å². The van der Waals surface area contributed by atoms with Crippen LogP contribution in [0.5, 0.6) is 11.5 Å². The van der Waals surface area contributed by atoms with E-state index in [-0.39, 0.29) is 6.04 Å². The highest BCUT2D eigenvalue weighted by atomic mass is 35.5. The molecule has 0 radical (unpaired) electrons. The Bertz CT molecular complexity index is 1400. The molecule has 6 nitrogen and oxygen atoms in total. The zero-order chi connectivity index (χ0) is 22.5. The number of nitrogens with zero attached hydrogens (tertiary/aromatic N) is 3. The number of halogens is 2. The Morgan fingerprint density at radius 3 is 2.58 bits per heavy atom. The SMILES string of the molecule is COc1ccc([C@@H]2C3=C(Nc4ncnn42)c2cc(Cl)ccc2O[C@@H]3c2cccc(Cl)c2)cc1. The van der Waals surface area contributed by atoms with Gasteiger partial charge in [-0.05, 0) is 53.6 Å². The van der Waals surface area contributed by atoms with Crippen LogP contribution < -0.4 is 14.8 Å². The third-order valence-electron chi connectivity index (χ3n) is 5.96. The largest absolute Gasteiger partial charge is 0.497 e. The Labute approximate surface area is 200 Å². The van der Waals surface area contributed by atoms with E-state index in [0.717, 1.165) is 39.5 Å². The number of nitrogens with one attached hydrogen (secondary N) is 1. The molecule has 2 aliphatic rings. The molecule has 0 bridgehead atoms.